The van der Waals surface area contributed by atoms with Gasteiger partial charge in [0, 0.05) is 19.6 Å². The number of benzene rings is 1. The number of ether oxygens (including phenoxy) is 1. The highest BCUT2D eigenvalue weighted by Gasteiger charge is 2.58. The Hall–Kier alpha value is -1.04. The van der Waals surface area contributed by atoms with Crippen LogP contribution >= 0.6 is 13.5 Å². The van der Waals surface area contributed by atoms with Crippen LogP contribution in [0.2, 0.25) is 0 Å². The van der Waals surface area contributed by atoms with E-state index in [1.165, 1.54) is 18.4 Å². The third-order valence-corrected chi connectivity index (χ3v) is 5.95. The number of carbonyl (C=O) groups excluding carboxylic acids is 1. The van der Waals surface area contributed by atoms with E-state index in [4.69, 9.17) is 4.74 Å². The first-order valence-corrected chi connectivity index (χ1v) is 9.44. The van der Waals surface area contributed by atoms with E-state index < -0.39 is 5.60 Å². The van der Waals surface area contributed by atoms with Gasteiger partial charge in [-0.3, -0.25) is 9.69 Å². The predicted molar refractivity (Wildman–Crippen MR) is 104 cm³/mol. The molecule has 4 nitrogen and oxygen atoms in total. The second kappa shape index (κ2) is 7.68. The largest absolute Gasteiger partial charge is 0.360 e. The van der Waals surface area contributed by atoms with Crippen molar-refractivity contribution in [2.24, 2.45) is 5.92 Å². The molecule has 138 valence electrons. The molecule has 1 aromatic rings. The van der Waals surface area contributed by atoms with Crippen LogP contribution in [0.15, 0.2) is 30.3 Å². The molecule has 0 radical (unpaired) electrons. The number of hydrogen-bond acceptors (Lipinski definition) is 3. The molecule has 1 atom stereocenters. The smallest absolute Gasteiger partial charge is 0.254 e. The summed E-state index contributed by atoms with van der Waals surface area (Å²) in [7, 11) is 0. The predicted octanol–water partition coefficient (Wildman–Crippen LogP) is 2.79. The summed E-state index contributed by atoms with van der Waals surface area (Å²) in [6, 6.07) is 10.7. The fraction of sp³-hybridized carbons (Fsp3) is 0.650. The first kappa shape index (κ1) is 18.7. The molecule has 3 aliphatic rings. The second-order valence-corrected chi connectivity index (χ2v) is 7.59. The van der Waals surface area contributed by atoms with Gasteiger partial charge in [-0.05, 0) is 57.2 Å². The van der Waals surface area contributed by atoms with Crippen molar-refractivity contribution >= 4 is 19.4 Å². The average molecular weight is 363 g/mol. The minimum Gasteiger partial charge on any atom is -0.360 e. The van der Waals surface area contributed by atoms with Crippen molar-refractivity contribution in [3.63, 3.8) is 0 Å². The van der Waals surface area contributed by atoms with Crippen molar-refractivity contribution in [1.29, 1.82) is 0 Å². The number of nitrogens with zero attached hydrogens (tertiary/aromatic N) is 2. The lowest BCUT2D eigenvalue weighted by Crippen LogP contribution is -2.56. The van der Waals surface area contributed by atoms with Crippen molar-refractivity contribution in [1.82, 2.24) is 9.80 Å². The van der Waals surface area contributed by atoms with E-state index in [0.29, 0.717) is 5.92 Å². The molecule has 0 unspecified atom stereocenters. The Morgan fingerprint density at radius 3 is 2.44 bits per heavy atom. The van der Waals surface area contributed by atoms with E-state index in [1.807, 2.05) is 4.90 Å². The minimum absolute atomic E-state index is 0. The molecule has 2 heterocycles. The first-order valence-electron chi connectivity index (χ1n) is 9.44. The highest BCUT2D eigenvalue weighted by Crippen LogP contribution is 2.46. The molecular weight excluding hydrogens is 332 g/mol. The first-order chi connectivity index (χ1) is 11.7. The number of carbonyl (C=O) groups is 1. The molecule has 1 saturated carbocycles. The van der Waals surface area contributed by atoms with Gasteiger partial charge in [0.2, 0.25) is 0 Å². The Morgan fingerprint density at radius 2 is 1.84 bits per heavy atom. The van der Waals surface area contributed by atoms with Crippen LogP contribution in [0.5, 0.6) is 0 Å². The number of rotatable bonds is 4. The molecule has 2 aliphatic heterocycles. The fourth-order valence-corrected chi connectivity index (χ4v) is 4.25. The molecule has 1 aromatic carbocycles. The molecule has 1 amide bonds. The number of likely N-dealkylation sites (tertiary alicyclic amines) is 1. The van der Waals surface area contributed by atoms with Crippen molar-refractivity contribution < 1.29 is 9.53 Å². The molecule has 0 aromatic heterocycles. The summed E-state index contributed by atoms with van der Waals surface area (Å²) in [4.78, 5) is 17.0. The molecule has 3 fully saturated rings. The van der Waals surface area contributed by atoms with E-state index in [9.17, 15) is 4.79 Å². The van der Waals surface area contributed by atoms with Gasteiger partial charge in [0.1, 0.15) is 5.60 Å². The molecule has 2 saturated heterocycles. The lowest BCUT2D eigenvalue weighted by atomic mass is 9.89. The van der Waals surface area contributed by atoms with Gasteiger partial charge in [-0.2, -0.15) is 13.5 Å². The normalized spacial score (nSPS) is 26.5. The summed E-state index contributed by atoms with van der Waals surface area (Å²) >= 11 is 0. The van der Waals surface area contributed by atoms with E-state index in [1.54, 1.807) is 0 Å². The zero-order valence-electron chi connectivity index (χ0n) is 15.1. The molecule has 1 aliphatic carbocycles. The van der Waals surface area contributed by atoms with Gasteiger partial charge in [-0.15, -0.1) is 0 Å². The summed E-state index contributed by atoms with van der Waals surface area (Å²) in [6.07, 6.45) is 4.44. The van der Waals surface area contributed by atoms with Crippen LogP contribution in [-0.4, -0.2) is 53.6 Å². The highest BCUT2D eigenvalue weighted by molar-refractivity contribution is 7.59. The lowest BCUT2D eigenvalue weighted by Gasteiger charge is -2.43. The Balaban J connectivity index is 0.00000182. The molecule has 1 spiro atoms. The van der Waals surface area contributed by atoms with Crippen molar-refractivity contribution in [2.75, 3.05) is 26.2 Å². The Kier molecular flexibility index (Phi) is 5.76. The molecule has 0 N–H and O–H groups in total. The standard InChI is InChI=1S/C20H28N2O2.H2S/c1-2-22-15-18(24-20(10-11-20)19(22)23)17-8-12-21(13-9-17)14-16-6-4-3-5-7-16;/h3-7,17-18H,2,8-15H2,1H3;1H2/t18-;/m1./s1. The fourth-order valence-electron chi connectivity index (χ4n) is 4.25. The topological polar surface area (TPSA) is 32.8 Å². The Morgan fingerprint density at radius 1 is 1.16 bits per heavy atom. The van der Waals surface area contributed by atoms with Crippen LogP contribution in [0.3, 0.4) is 0 Å². The van der Waals surface area contributed by atoms with E-state index in [2.05, 4.69) is 42.2 Å². The highest BCUT2D eigenvalue weighted by atomic mass is 32.1. The monoisotopic (exact) mass is 362 g/mol. The van der Waals surface area contributed by atoms with Crippen LogP contribution in [-0.2, 0) is 16.1 Å². The van der Waals surface area contributed by atoms with Crippen LogP contribution in [0.1, 0.15) is 38.2 Å². The van der Waals surface area contributed by atoms with E-state index >= 15 is 0 Å². The number of morpholine rings is 1. The van der Waals surface area contributed by atoms with Crippen molar-refractivity contribution in [3.05, 3.63) is 35.9 Å². The molecule has 4 rings (SSSR count). The van der Waals surface area contributed by atoms with Crippen molar-refractivity contribution in [3.8, 4) is 0 Å². The van der Waals surface area contributed by atoms with Gasteiger partial charge in [-0.25, -0.2) is 0 Å². The van der Waals surface area contributed by atoms with Crippen LogP contribution in [0.25, 0.3) is 0 Å². The maximum atomic E-state index is 12.4. The van der Waals surface area contributed by atoms with Gasteiger partial charge in [0.15, 0.2) is 0 Å². The van der Waals surface area contributed by atoms with Gasteiger partial charge >= 0.3 is 0 Å². The summed E-state index contributed by atoms with van der Waals surface area (Å²) < 4.78 is 6.31. The third kappa shape index (κ3) is 3.88. The Bertz CT molecular complexity index is 583. The van der Waals surface area contributed by atoms with Crippen LogP contribution < -0.4 is 0 Å². The Labute approximate surface area is 158 Å². The van der Waals surface area contributed by atoms with Crippen LogP contribution in [0.4, 0.5) is 0 Å². The summed E-state index contributed by atoms with van der Waals surface area (Å²) in [5, 5.41) is 0. The molecule has 5 heteroatoms. The second-order valence-electron chi connectivity index (χ2n) is 7.59. The number of hydrogen-bond donors (Lipinski definition) is 0. The molecular formula is C20H30N2O2S. The quantitative estimate of drug-likeness (QED) is 0.826. The van der Waals surface area contributed by atoms with Gasteiger partial charge < -0.3 is 9.64 Å². The zero-order valence-corrected chi connectivity index (χ0v) is 16.1. The molecule has 25 heavy (non-hydrogen) atoms. The van der Waals surface area contributed by atoms with E-state index in [-0.39, 0.29) is 25.5 Å². The number of likely N-dealkylation sites (N-methyl/N-ethyl adjacent to an activating group) is 1. The lowest BCUT2D eigenvalue weighted by molar-refractivity contribution is -0.174. The van der Waals surface area contributed by atoms with Gasteiger partial charge in [-0.1, -0.05) is 30.3 Å². The number of piperidine rings is 1. The van der Waals surface area contributed by atoms with Crippen molar-refractivity contribution in [2.45, 2.75) is 50.9 Å². The van der Waals surface area contributed by atoms with Gasteiger partial charge in [0.05, 0.1) is 6.10 Å². The summed E-state index contributed by atoms with van der Waals surface area (Å²) in [5.74, 6) is 0.833. The van der Waals surface area contributed by atoms with Crippen LogP contribution in [0, 0.1) is 5.92 Å². The van der Waals surface area contributed by atoms with E-state index in [0.717, 1.165) is 45.6 Å². The minimum atomic E-state index is -0.430. The molecule has 0 bridgehead atoms. The summed E-state index contributed by atoms with van der Waals surface area (Å²) in [6.45, 7) is 6.99. The number of amides is 1. The summed E-state index contributed by atoms with van der Waals surface area (Å²) in [5.41, 5.74) is 0.963. The maximum absolute atomic E-state index is 12.4. The average Bonchev–Trinajstić information content (AvgIpc) is 3.39. The third-order valence-electron chi connectivity index (χ3n) is 5.95. The van der Waals surface area contributed by atoms with Gasteiger partial charge in [0.25, 0.3) is 5.91 Å². The zero-order chi connectivity index (χ0) is 16.6. The maximum Gasteiger partial charge on any atom is 0.254 e. The SMILES string of the molecule is CCN1C[C@H](C2CCN(Cc3ccccc3)CC2)OC2(CC2)C1=O.S.